The van der Waals surface area contributed by atoms with Gasteiger partial charge in [-0.25, -0.2) is 0 Å². The van der Waals surface area contributed by atoms with Crippen LogP contribution in [0.3, 0.4) is 0 Å². The van der Waals surface area contributed by atoms with E-state index in [9.17, 15) is 5.11 Å². The van der Waals surface area contributed by atoms with Gasteiger partial charge < -0.3 is 15.2 Å². The van der Waals surface area contributed by atoms with Crippen molar-refractivity contribution in [1.29, 1.82) is 0 Å². The number of ether oxygens (including phenoxy) is 1. The first kappa shape index (κ1) is 14.4. The Kier molecular flexibility index (Phi) is 4.48. The van der Waals surface area contributed by atoms with Gasteiger partial charge >= 0.3 is 0 Å². The number of hydrogen-bond donors (Lipinski definition) is 2. The molecule has 1 aliphatic carbocycles. The van der Waals surface area contributed by atoms with E-state index in [0.29, 0.717) is 12.6 Å². The molecule has 0 saturated heterocycles. The molecule has 0 saturated carbocycles. The molecule has 0 aliphatic heterocycles. The van der Waals surface area contributed by atoms with Crippen molar-refractivity contribution in [3.8, 4) is 5.75 Å². The Morgan fingerprint density at radius 1 is 1.37 bits per heavy atom. The number of fused-ring (bicyclic) bond motifs is 1. The van der Waals surface area contributed by atoms with Crippen molar-refractivity contribution in [2.24, 2.45) is 0 Å². The van der Waals surface area contributed by atoms with Crippen LogP contribution in [-0.2, 0) is 6.42 Å². The minimum absolute atomic E-state index is 0.376. The van der Waals surface area contributed by atoms with Gasteiger partial charge in [-0.3, -0.25) is 0 Å². The average molecular weight is 263 g/mol. The monoisotopic (exact) mass is 263 g/mol. The standard InChI is InChI=1S/C16H25NO2/c1-4-16(18,5-2)11-19-15-8-6-7-12-13(15)9-10-14(12)17-3/h6-8,14,17-18H,4-5,9-11H2,1-3H3. The maximum absolute atomic E-state index is 10.3. The molecule has 19 heavy (non-hydrogen) atoms. The summed E-state index contributed by atoms with van der Waals surface area (Å²) < 4.78 is 5.91. The number of benzene rings is 1. The second kappa shape index (κ2) is 5.93. The van der Waals surface area contributed by atoms with Crippen LogP contribution < -0.4 is 10.1 Å². The number of hydrogen-bond acceptors (Lipinski definition) is 3. The molecule has 1 aromatic rings. The van der Waals surface area contributed by atoms with Gasteiger partial charge in [0.1, 0.15) is 12.4 Å². The molecule has 1 unspecified atom stereocenters. The van der Waals surface area contributed by atoms with Crippen molar-refractivity contribution < 1.29 is 9.84 Å². The Balaban J connectivity index is 2.13. The Hall–Kier alpha value is -1.06. The predicted molar refractivity (Wildman–Crippen MR) is 77.6 cm³/mol. The average Bonchev–Trinajstić information content (AvgIpc) is 2.88. The van der Waals surface area contributed by atoms with Crippen molar-refractivity contribution in [2.75, 3.05) is 13.7 Å². The summed E-state index contributed by atoms with van der Waals surface area (Å²) in [6, 6.07) is 6.67. The molecule has 2 N–H and O–H groups in total. The zero-order chi connectivity index (χ0) is 13.9. The molecule has 0 radical (unpaired) electrons. The molecule has 0 amide bonds. The van der Waals surface area contributed by atoms with Gasteiger partial charge in [-0.1, -0.05) is 26.0 Å². The first-order chi connectivity index (χ1) is 9.13. The van der Waals surface area contributed by atoms with Crippen LogP contribution in [0.4, 0.5) is 0 Å². The van der Waals surface area contributed by atoms with Crippen LogP contribution in [0.5, 0.6) is 5.75 Å². The summed E-state index contributed by atoms with van der Waals surface area (Å²) in [5.74, 6) is 0.940. The van der Waals surface area contributed by atoms with E-state index in [1.807, 2.05) is 33.0 Å². The van der Waals surface area contributed by atoms with E-state index in [4.69, 9.17) is 4.74 Å². The van der Waals surface area contributed by atoms with E-state index in [1.165, 1.54) is 11.1 Å². The third-order valence-electron chi connectivity index (χ3n) is 4.39. The SMILES string of the molecule is CCC(O)(CC)COc1cccc2c1CCC2NC. The topological polar surface area (TPSA) is 41.5 Å². The minimum atomic E-state index is -0.705. The van der Waals surface area contributed by atoms with E-state index in [1.54, 1.807) is 0 Å². The number of rotatable bonds is 6. The van der Waals surface area contributed by atoms with E-state index in [-0.39, 0.29) is 0 Å². The van der Waals surface area contributed by atoms with Crippen LogP contribution in [0.25, 0.3) is 0 Å². The highest BCUT2D eigenvalue weighted by Gasteiger charge is 2.26. The fourth-order valence-corrected chi connectivity index (χ4v) is 2.72. The summed E-state index contributed by atoms with van der Waals surface area (Å²) in [4.78, 5) is 0. The van der Waals surface area contributed by atoms with Crippen molar-refractivity contribution in [1.82, 2.24) is 5.32 Å². The van der Waals surface area contributed by atoms with Gasteiger partial charge in [0.05, 0.1) is 5.60 Å². The fourth-order valence-electron chi connectivity index (χ4n) is 2.72. The summed E-state index contributed by atoms with van der Waals surface area (Å²) >= 11 is 0. The highest BCUT2D eigenvalue weighted by molar-refractivity contribution is 5.45. The molecule has 2 rings (SSSR count). The molecule has 106 valence electrons. The normalized spacial score (nSPS) is 18.4. The third kappa shape index (κ3) is 2.93. The lowest BCUT2D eigenvalue weighted by Crippen LogP contribution is -2.34. The zero-order valence-electron chi connectivity index (χ0n) is 12.2. The van der Waals surface area contributed by atoms with Gasteiger partial charge in [-0.2, -0.15) is 0 Å². The first-order valence-corrected chi connectivity index (χ1v) is 7.27. The summed E-state index contributed by atoms with van der Waals surface area (Å²) in [6.07, 6.45) is 3.61. The lowest BCUT2D eigenvalue weighted by atomic mass is 9.99. The van der Waals surface area contributed by atoms with Crippen molar-refractivity contribution in [3.63, 3.8) is 0 Å². The quantitative estimate of drug-likeness (QED) is 0.829. The van der Waals surface area contributed by atoms with Gasteiger partial charge in [-0.15, -0.1) is 0 Å². The van der Waals surface area contributed by atoms with Crippen molar-refractivity contribution in [3.05, 3.63) is 29.3 Å². The highest BCUT2D eigenvalue weighted by Crippen LogP contribution is 2.37. The van der Waals surface area contributed by atoms with Gasteiger partial charge in [0.15, 0.2) is 0 Å². The molecule has 1 aliphatic rings. The molecule has 0 heterocycles. The molecule has 3 heteroatoms. The lowest BCUT2D eigenvalue weighted by Gasteiger charge is -2.25. The van der Waals surface area contributed by atoms with Crippen molar-refractivity contribution >= 4 is 0 Å². The van der Waals surface area contributed by atoms with Crippen LogP contribution in [0, 0.1) is 0 Å². The molecule has 3 nitrogen and oxygen atoms in total. The summed E-state index contributed by atoms with van der Waals surface area (Å²) in [7, 11) is 2.00. The van der Waals surface area contributed by atoms with Crippen LogP contribution >= 0.6 is 0 Å². The highest BCUT2D eigenvalue weighted by atomic mass is 16.5. The van der Waals surface area contributed by atoms with Crippen LogP contribution in [-0.4, -0.2) is 24.4 Å². The second-order valence-electron chi connectivity index (χ2n) is 5.42. The van der Waals surface area contributed by atoms with Gasteiger partial charge in [-0.05, 0) is 49.9 Å². The van der Waals surface area contributed by atoms with Crippen LogP contribution in [0.15, 0.2) is 18.2 Å². The summed E-state index contributed by atoms with van der Waals surface area (Å²) in [6.45, 7) is 4.37. The Morgan fingerprint density at radius 3 is 2.74 bits per heavy atom. The van der Waals surface area contributed by atoms with E-state index in [0.717, 1.165) is 31.4 Å². The maximum atomic E-state index is 10.3. The second-order valence-corrected chi connectivity index (χ2v) is 5.42. The third-order valence-corrected chi connectivity index (χ3v) is 4.39. The van der Waals surface area contributed by atoms with E-state index in [2.05, 4.69) is 11.4 Å². The summed E-state index contributed by atoms with van der Waals surface area (Å²) in [5, 5.41) is 13.6. The zero-order valence-corrected chi connectivity index (χ0v) is 12.2. The number of aliphatic hydroxyl groups is 1. The summed E-state index contributed by atoms with van der Waals surface area (Å²) in [5.41, 5.74) is 1.94. The molecule has 0 fully saturated rings. The van der Waals surface area contributed by atoms with Gasteiger partial charge in [0, 0.05) is 6.04 Å². The smallest absolute Gasteiger partial charge is 0.122 e. The fraction of sp³-hybridized carbons (Fsp3) is 0.625. The predicted octanol–water partition coefficient (Wildman–Crippen LogP) is 2.82. The molecule has 1 aromatic carbocycles. The lowest BCUT2D eigenvalue weighted by molar-refractivity contribution is -0.0115. The van der Waals surface area contributed by atoms with Crippen molar-refractivity contribution in [2.45, 2.75) is 51.2 Å². The van der Waals surface area contributed by atoms with E-state index >= 15 is 0 Å². The molecule has 0 aromatic heterocycles. The largest absolute Gasteiger partial charge is 0.490 e. The Labute approximate surface area is 116 Å². The molecular formula is C16H25NO2. The maximum Gasteiger partial charge on any atom is 0.122 e. The molecule has 1 atom stereocenters. The van der Waals surface area contributed by atoms with Crippen LogP contribution in [0.1, 0.15) is 50.3 Å². The molecular weight excluding hydrogens is 238 g/mol. The first-order valence-electron chi connectivity index (χ1n) is 7.27. The molecule has 0 spiro atoms. The Bertz CT molecular complexity index is 427. The molecule has 0 bridgehead atoms. The number of nitrogens with one attached hydrogen (secondary N) is 1. The van der Waals surface area contributed by atoms with Gasteiger partial charge in [0.25, 0.3) is 0 Å². The minimum Gasteiger partial charge on any atom is -0.490 e. The van der Waals surface area contributed by atoms with Gasteiger partial charge in [0.2, 0.25) is 0 Å². The Morgan fingerprint density at radius 2 is 2.11 bits per heavy atom. The van der Waals surface area contributed by atoms with E-state index < -0.39 is 5.60 Å². The van der Waals surface area contributed by atoms with Crippen LogP contribution in [0.2, 0.25) is 0 Å².